The number of ether oxygens (including phenoxy) is 1. The second-order valence-corrected chi connectivity index (χ2v) is 5.26. The minimum atomic E-state index is -0.0127. The molecular formula is C15H17NO3S. The lowest BCUT2D eigenvalue weighted by Crippen LogP contribution is -2.12. The molecule has 1 heterocycles. The molecule has 1 aromatic carbocycles. The number of anilines is 1. The first-order valence-corrected chi connectivity index (χ1v) is 7.32. The Balaban J connectivity index is 1.78. The number of amides is 1. The van der Waals surface area contributed by atoms with E-state index in [0.29, 0.717) is 12.2 Å². The van der Waals surface area contributed by atoms with Crippen LogP contribution in [0.1, 0.15) is 11.3 Å². The number of nitrogens with one attached hydrogen (secondary N) is 1. The molecule has 0 aliphatic rings. The van der Waals surface area contributed by atoms with E-state index >= 15 is 0 Å². The molecule has 4 nitrogen and oxygen atoms in total. The molecule has 0 aliphatic carbocycles. The summed E-state index contributed by atoms with van der Waals surface area (Å²) in [5.41, 5.74) is 0.748. The number of hydrogen-bond acceptors (Lipinski definition) is 4. The van der Waals surface area contributed by atoms with Crippen LogP contribution in [0.2, 0.25) is 0 Å². The van der Waals surface area contributed by atoms with Crippen LogP contribution in [-0.2, 0) is 11.2 Å². The fraction of sp³-hybridized carbons (Fsp3) is 0.267. The van der Waals surface area contributed by atoms with E-state index in [0.717, 1.165) is 12.1 Å². The second kappa shape index (κ2) is 7.67. The Morgan fingerprint density at radius 2 is 2.05 bits per heavy atom. The van der Waals surface area contributed by atoms with Gasteiger partial charge >= 0.3 is 0 Å². The van der Waals surface area contributed by atoms with Crippen LogP contribution in [0.4, 0.5) is 5.69 Å². The van der Waals surface area contributed by atoms with Gasteiger partial charge in [0.1, 0.15) is 12.4 Å². The average Bonchev–Trinajstić information content (AvgIpc) is 2.98. The monoisotopic (exact) mass is 291 g/mol. The molecule has 0 spiro atoms. The van der Waals surface area contributed by atoms with Gasteiger partial charge in [0, 0.05) is 17.0 Å². The maximum Gasteiger partial charge on any atom is 0.224 e. The van der Waals surface area contributed by atoms with Crippen molar-refractivity contribution in [3.63, 3.8) is 0 Å². The van der Waals surface area contributed by atoms with Gasteiger partial charge in [0.15, 0.2) is 0 Å². The van der Waals surface area contributed by atoms with Gasteiger partial charge in [0.05, 0.1) is 6.61 Å². The minimum absolute atomic E-state index is 0.00225. The van der Waals surface area contributed by atoms with Crippen molar-refractivity contribution in [2.24, 2.45) is 0 Å². The van der Waals surface area contributed by atoms with Crippen molar-refractivity contribution in [1.29, 1.82) is 0 Å². The zero-order valence-electron chi connectivity index (χ0n) is 11.0. The first kappa shape index (κ1) is 14.6. The minimum Gasteiger partial charge on any atom is -0.491 e. The van der Waals surface area contributed by atoms with Crippen molar-refractivity contribution in [2.75, 3.05) is 18.5 Å². The van der Waals surface area contributed by atoms with Crippen molar-refractivity contribution in [1.82, 2.24) is 0 Å². The summed E-state index contributed by atoms with van der Waals surface area (Å²) >= 11 is 1.66. The van der Waals surface area contributed by atoms with Crippen molar-refractivity contribution in [2.45, 2.75) is 12.8 Å². The van der Waals surface area contributed by atoms with Crippen molar-refractivity contribution in [3.8, 4) is 5.75 Å². The highest BCUT2D eigenvalue weighted by Crippen LogP contribution is 2.16. The lowest BCUT2D eigenvalue weighted by molar-refractivity contribution is -0.116. The van der Waals surface area contributed by atoms with E-state index in [-0.39, 0.29) is 19.1 Å². The first-order chi connectivity index (χ1) is 9.78. The number of aliphatic hydroxyl groups excluding tert-OH is 1. The largest absolute Gasteiger partial charge is 0.491 e. The number of aryl methyl sites for hydroxylation is 1. The van der Waals surface area contributed by atoms with Crippen LogP contribution in [0.15, 0.2) is 41.8 Å². The summed E-state index contributed by atoms with van der Waals surface area (Å²) in [7, 11) is 0. The van der Waals surface area contributed by atoms with E-state index in [1.807, 2.05) is 17.5 Å². The predicted molar refractivity (Wildman–Crippen MR) is 80.3 cm³/mol. The Morgan fingerprint density at radius 1 is 1.25 bits per heavy atom. The average molecular weight is 291 g/mol. The zero-order chi connectivity index (χ0) is 14.2. The van der Waals surface area contributed by atoms with Crippen LogP contribution in [-0.4, -0.2) is 24.2 Å². The summed E-state index contributed by atoms with van der Waals surface area (Å²) in [6, 6.07) is 11.1. The highest BCUT2D eigenvalue weighted by atomic mass is 32.1. The summed E-state index contributed by atoms with van der Waals surface area (Å²) in [6.07, 6.45) is 1.24. The molecule has 0 bridgehead atoms. The number of carbonyl (C=O) groups excluding carboxylic acids is 1. The quantitative estimate of drug-likeness (QED) is 0.824. The topological polar surface area (TPSA) is 58.6 Å². The SMILES string of the molecule is O=C(CCc1cccs1)Nc1ccc(OCCO)cc1. The maximum atomic E-state index is 11.8. The Hall–Kier alpha value is -1.85. The molecule has 0 saturated carbocycles. The van der Waals surface area contributed by atoms with E-state index in [1.54, 1.807) is 35.6 Å². The van der Waals surface area contributed by atoms with E-state index in [2.05, 4.69) is 5.32 Å². The Morgan fingerprint density at radius 3 is 2.70 bits per heavy atom. The van der Waals surface area contributed by atoms with Gasteiger partial charge in [-0.05, 0) is 42.1 Å². The van der Waals surface area contributed by atoms with Crippen LogP contribution in [0.25, 0.3) is 0 Å². The molecule has 5 heteroatoms. The van der Waals surface area contributed by atoms with Crippen LogP contribution in [0, 0.1) is 0 Å². The second-order valence-electron chi connectivity index (χ2n) is 4.22. The Labute approximate surface area is 122 Å². The van der Waals surface area contributed by atoms with Crippen LogP contribution in [0.3, 0.4) is 0 Å². The molecule has 20 heavy (non-hydrogen) atoms. The van der Waals surface area contributed by atoms with Gasteiger partial charge in [-0.1, -0.05) is 6.07 Å². The molecule has 1 aromatic heterocycles. The Bertz CT molecular complexity index is 523. The summed E-state index contributed by atoms with van der Waals surface area (Å²) in [4.78, 5) is 13.0. The number of rotatable bonds is 7. The molecule has 0 radical (unpaired) electrons. The molecular weight excluding hydrogens is 274 g/mol. The van der Waals surface area contributed by atoms with Crippen molar-refractivity contribution in [3.05, 3.63) is 46.7 Å². The fourth-order valence-corrected chi connectivity index (χ4v) is 2.42. The zero-order valence-corrected chi connectivity index (χ0v) is 11.9. The molecule has 106 valence electrons. The van der Waals surface area contributed by atoms with Gasteiger partial charge in [-0.15, -0.1) is 11.3 Å². The molecule has 0 aliphatic heterocycles. The highest BCUT2D eigenvalue weighted by Gasteiger charge is 2.04. The highest BCUT2D eigenvalue weighted by molar-refractivity contribution is 7.09. The number of aliphatic hydroxyl groups is 1. The summed E-state index contributed by atoms with van der Waals surface area (Å²) in [5.74, 6) is 0.679. The molecule has 2 aromatic rings. The predicted octanol–water partition coefficient (Wildman–Crippen LogP) is 2.69. The van der Waals surface area contributed by atoms with Gasteiger partial charge in [0.25, 0.3) is 0 Å². The molecule has 0 fully saturated rings. The third-order valence-electron chi connectivity index (χ3n) is 2.68. The van der Waals surface area contributed by atoms with Crippen LogP contribution in [0.5, 0.6) is 5.75 Å². The molecule has 1 amide bonds. The number of thiophene rings is 1. The summed E-state index contributed by atoms with van der Waals surface area (Å²) in [6.45, 7) is 0.258. The van der Waals surface area contributed by atoms with E-state index in [4.69, 9.17) is 9.84 Å². The molecule has 0 unspecified atom stereocenters. The number of carbonyl (C=O) groups is 1. The molecule has 0 atom stereocenters. The van der Waals surface area contributed by atoms with Crippen molar-refractivity contribution >= 4 is 22.9 Å². The van der Waals surface area contributed by atoms with E-state index < -0.39 is 0 Å². The first-order valence-electron chi connectivity index (χ1n) is 6.44. The van der Waals surface area contributed by atoms with Crippen LogP contribution < -0.4 is 10.1 Å². The smallest absolute Gasteiger partial charge is 0.224 e. The fourth-order valence-electron chi connectivity index (χ4n) is 1.71. The molecule has 0 saturated heterocycles. The van der Waals surface area contributed by atoms with Gasteiger partial charge in [-0.25, -0.2) is 0 Å². The van der Waals surface area contributed by atoms with E-state index in [1.165, 1.54) is 4.88 Å². The van der Waals surface area contributed by atoms with Crippen molar-refractivity contribution < 1.29 is 14.6 Å². The number of hydrogen-bond donors (Lipinski definition) is 2. The standard InChI is InChI=1S/C15H17NO3S/c17-9-10-19-13-5-3-12(4-6-13)16-15(18)8-7-14-2-1-11-20-14/h1-6,11,17H,7-10H2,(H,16,18). The third-order valence-corrected chi connectivity index (χ3v) is 3.61. The van der Waals surface area contributed by atoms with Gasteiger partial charge in [-0.2, -0.15) is 0 Å². The third kappa shape index (κ3) is 4.68. The lowest BCUT2D eigenvalue weighted by Gasteiger charge is -2.07. The molecule has 2 N–H and O–H groups in total. The van der Waals surface area contributed by atoms with Gasteiger partial charge in [0.2, 0.25) is 5.91 Å². The number of benzene rings is 1. The maximum absolute atomic E-state index is 11.8. The van der Waals surface area contributed by atoms with Gasteiger partial charge in [-0.3, -0.25) is 4.79 Å². The Kier molecular flexibility index (Phi) is 5.58. The molecule has 2 rings (SSSR count). The summed E-state index contributed by atoms with van der Waals surface area (Å²) < 4.78 is 5.25. The lowest BCUT2D eigenvalue weighted by atomic mass is 10.2. The normalized spacial score (nSPS) is 10.2. The van der Waals surface area contributed by atoms with Gasteiger partial charge < -0.3 is 15.2 Å². The summed E-state index contributed by atoms with van der Waals surface area (Å²) in [5, 5.41) is 13.5. The van der Waals surface area contributed by atoms with Crippen LogP contribution >= 0.6 is 11.3 Å². The van der Waals surface area contributed by atoms with E-state index in [9.17, 15) is 4.79 Å².